The molecule has 35 heavy (non-hydrogen) atoms. The third-order valence-corrected chi connectivity index (χ3v) is 12.6. The predicted molar refractivity (Wildman–Crippen MR) is 149 cm³/mol. The molecule has 190 valence electrons. The van der Waals surface area contributed by atoms with Gasteiger partial charge in [-0.25, -0.2) is 0 Å². The molecule has 0 bridgehead atoms. The van der Waals surface area contributed by atoms with E-state index >= 15 is 0 Å². The molecular formula is C26H36IN3O4Si. The summed E-state index contributed by atoms with van der Waals surface area (Å²) in [6.07, 6.45) is -1.85. The van der Waals surface area contributed by atoms with Gasteiger partial charge >= 0.3 is 0 Å². The fraction of sp³-hybridized carbons (Fsp3) is 0.538. The summed E-state index contributed by atoms with van der Waals surface area (Å²) in [5, 5.41) is 3.99. The van der Waals surface area contributed by atoms with E-state index < -0.39 is 26.8 Å². The molecule has 5 unspecified atom stereocenters. The summed E-state index contributed by atoms with van der Waals surface area (Å²) in [4.78, 5) is 3.03. The quantitative estimate of drug-likeness (QED) is 0.0724. The minimum absolute atomic E-state index is 0.0568. The van der Waals surface area contributed by atoms with E-state index in [-0.39, 0.29) is 15.1 Å². The van der Waals surface area contributed by atoms with Crippen LogP contribution < -0.4 is 0 Å². The average Bonchev–Trinajstić information content (AvgIpc) is 2.83. The number of azide groups is 1. The Balaban J connectivity index is 1.85. The third-order valence-electron chi connectivity index (χ3n) is 6.74. The molecule has 0 aromatic heterocycles. The lowest BCUT2D eigenvalue weighted by molar-refractivity contribution is -0.207. The van der Waals surface area contributed by atoms with Gasteiger partial charge in [0.15, 0.2) is 14.5 Å². The fourth-order valence-electron chi connectivity index (χ4n) is 3.59. The molecule has 0 spiro atoms. The summed E-state index contributed by atoms with van der Waals surface area (Å²) >= 11 is 2.26. The maximum Gasteiger partial charge on any atom is 0.192 e. The van der Waals surface area contributed by atoms with E-state index in [1.54, 1.807) is 0 Å². The van der Waals surface area contributed by atoms with Gasteiger partial charge in [-0.3, -0.25) is 0 Å². The first-order chi connectivity index (χ1) is 16.6. The van der Waals surface area contributed by atoms with Crippen molar-refractivity contribution in [2.24, 2.45) is 5.11 Å². The SMILES string of the molecule is CC(C)(C)[Si](C)(C)OCC1OC(N=[N+]=[N-])C(I)C(OCc2ccccc2)C1OCc1ccccc1. The van der Waals surface area contributed by atoms with Crippen LogP contribution in [0.1, 0.15) is 31.9 Å². The van der Waals surface area contributed by atoms with E-state index in [1.807, 2.05) is 60.7 Å². The zero-order valence-electron chi connectivity index (χ0n) is 21.1. The molecule has 0 N–H and O–H groups in total. The number of rotatable bonds is 10. The van der Waals surface area contributed by atoms with Gasteiger partial charge in [0.1, 0.15) is 18.3 Å². The van der Waals surface area contributed by atoms with Crippen molar-refractivity contribution in [1.82, 2.24) is 0 Å². The second-order valence-electron chi connectivity index (χ2n) is 10.3. The minimum Gasteiger partial charge on any atom is -0.414 e. The van der Waals surface area contributed by atoms with E-state index in [4.69, 9.17) is 18.6 Å². The summed E-state index contributed by atoms with van der Waals surface area (Å²) in [7, 11) is -2.04. The van der Waals surface area contributed by atoms with Crippen LogP contribution in [0.25, 0.3) is 10.4 Å². The molecule has 0 amide bonds. The van der Waals surface area contributed by atoms with Crippen molar-refractivity contribution in [3.8, 4) is 0 Å². The molecule has 3 rings (SSSR count). The highest BCUT2D eigenvalue weighted by Gasteiger charge is 2.47. The first-order valence-electron chi connectivity index (χ1n) is 11.9. The summed E-state index contributed by atoms with van der Waals surface area (Å²) in [6.45, 7) is 12.2. The van der Waals surface area contributed by atoms with Gasteiger partial charge in [-0.1, -0.05) is 109 Å². The Morgan fingerprint density at radius 3 is 1.94 bits per heavy atom. The van der Waals surface area contributed by atoms with Gasteiger partial charge in [-0.05, 0) is 34.8 Å². The normalized spacial score (nSPS) is 25.1. The number of ether oxygens (including phenoxy) is 3. The first kappa shape index (κ1) is 28.1. The number of hydrogen-bond donors (Lipinski definition) is 0. The van der Waals surface area contributed by atoms with Gasteiger partial charge in [0.25, 0.3) is 0 Å². The minimum atomic E-state index is -2.04. The molecule has 1 saturated heterocycles. The second kappa shape index (κ2) is 12.7. The Kier molecular flexibility index (Phi) is 10.2. The van der Waals surface area contributed by atoms with Crippen LogP contribution in [-0.2, 0) is 31.9 Å². The average molecular weight is 610 g/mol. The van der Waals surface area contributed by atoms with E-state index in [1.165, 1.54) is 0 Å². The Hall–Kier alpha value is -1.46. The molecule has 9 heteroatoms. The second-order valence-corrected chi connectivity index (χ2v) is 16.6. The molecule has 2 aromatic rings. The number of hydrogen-bond acceptors (Lipinski definition) is 5. The van der Waals surface area contributed by atoms with E-state index in [9.17, 15) is 5.53 Å². The van der Waals surface area contributed by atoms with Crippen LogP contribution in [0.15, 0.2) is 65.8 Å². The maximum absolute atomic E-state index is 9.18. The van der Waals surface area contributed by atoms with Crippen LogP contribution in [0.5, 0.6) is 0 Å². The molecular weight excluding hydrogens is 573 g/mol. The molecule has 0 radical (unpaired) electrons. The Morgan fingerprint density at radius 1 is 0.943 bits per heavy atom. The van der Waals surface area contributed by atoms with Crippen molar-refractivity contribution in [1.29, 1.82) is 0 Å². The molecule has 7 nitrogen and oxygen atoms in total. The summed E-state index contributed by atoms with van der Waals surface area (Å²) in [5.41, 5.74) is 11.3. The number of halogens is 1. The van der Waals surface area contributed by atoms with Crippen molar-refractivity contribution in [2.45, 2.75) is 80.6 Å². The molecule has 0 saturated carbocycles. The van der Waals surface area contributed by atoms with Crippen LogP contribution in [0.3, 0.4) is 0 Å². The number of alkyl halides is 1. The van der Waals surface area contributed by atoms with Gasteiger partial charge < -0.3 is 18.6 Å². The highest BCUT2D eigenvalue weighted by molar-refractivity contribution is 14.1. The lowest BCUT2D eigenvalue weighted by Crippen LogP contribution is -2.59. The number of nitrogens with zero attached hydrogens (tertiary/aromatic N) is 3. The summed E-state index contributed by atoms with van der Waals surface area (Å²) < 4.78 is 25.5. The topological polar surface area (TPSA) is 85.7 Å². The van der Waals surface area contributed by atoms with Gasteiger partial charge in [0.05, 0.1) is 23.7 Å². The molecule has 1 aliphatic heterocycles. The highest BCUT2D eigenvalue weighted by Crippen LogP contribution is 2.38. The van der Waals surface area contributed by atoms with E-state index in [0.29, 0.717) is 19.8 Å². The molecule has 1 heterocycles. The molecule has 0 aliphatic carbocycles. The molecule has 1 aliphatic rings. The molecule has 5 atom stereocenters. The van der Waals surface area contributed by atoms with Gasteiger partial charge in [0, 0.05) is 4.91 Å². The predicted octanol–water partition coefficient (Wildman–Crippen LogP) is 7.02. The monoisotopic (exact) mass is 609 g/mol. The van der Waals surface area contributed by atoms with Crippen molar-refractivity contribution >= 4 is 30.9 Å². The lowest BCUT2D eigenvalue weighted by atomic mass is 10.00. The lowest BCUT2D eigenvalue weighted by Gasteiger charge is -2.45. The summed E-state index contributed by atoms with van der Waals surface area (Å²) in [6, 6.07) is 20.1. The van der Waals surface area contributed by atoms with Crippen LogP contribution in [0.2, 0.25) is 18.1 Å². The zero-order valence-corrected chi connectivity index (χ0v) is 24.3. The van der Waals surface area contributed by atoms with Crippen molar-refractivity contribution in [2.75, 3.05) is 6.61 Å². The smallest absolute Gasteiger partial charge is 0.192 e. The Bertz CT molecular complexity index is 968. The fourth-order valence-corrected chi connectivity index (χ4v) is 5.54. The summed E-state index contributed by atoms with van der Waals surface area (Å²) in [5.74, 6) is 0. The van der Waals surface area contributed by atoms with Gasteiger partial charge in [-0.2, -0.15) is 0 Å². The zero-order chi connectivity index (χ0) is 25.5. The Morgan fingerprint density at radius 2 is 1.46 bits per heavy atom. The van der Waals surface area contributed by atoms with E-state index in [2.05, 4.69) is 66.5 Å². The van der Waals surface area contributed by atoms with Crippen molar-refractivity contribution < 1.29 is 18.6 Å². The molecule has 2 aromatic carbocycles. The number of benzene rings is 2. The standard InChI is InChI=1S/C26H36IN3O4Si/c1-26(2,3)35(4,5)33-18-21-23(31-16-19-12-8-6-9-13-19)24(22(27)25(34-21)29-30-28)32-17-20-14-10-7-11-15-20/h6-15,21-25H,16-18H2,1-5H3. The van der Waals surface area contributed by atoms with Crippen molar-refractivity contribution in [3.05, 3.63) is 82.2 Å². The van der Waals surface area contributed by atoms with Crippen LogP contribution >= 0.6 is 22.6 Å². The van der Waals surface area contributed by atoms with Crippen LogP contribution in [-0.4, -0.2) is 43.4 Å². The highest BCUT2D eigenvalue weighted by atomic mass is 127. The maximum atomic E-state index is 9.18. The van der Waals surface area contributed by atoms with Crippen molar-refractivity contribution in [3.63, 3.8) is 0 Å². The van der Waals surface area contributed by atoms with Gasteiger partial charge in [-0.15, -0.1) is 0 Å². The van der Waals surface area contributed by atoms with E-state index in [0.717, 1.165) is 11.1 Å². The third kappa shape index (κ3) is 7.76. The molecule has 1 fully saturated rings. The van der Waals surface area contributed by atoms with Crippen LogP contribution in [0, 0.1) is 0 Å². The first-order valence-corrected chi connectivity index (χ1v) is 16.1. The van der Waals surface area contributed by atoms with Crippen LogP contribution in [0.4, 0.5) is 0 Å². The van der Waals surface area contributed by atoms with Gasteiger partial charge in [0.2, 0.25) is 0 Å². The largest absolute Gasteiger partial charge is 0.414 e. The Labute approximate surface area is 223 Å².